The van der Waals surface area contributed by atoms with Gasteiger partial charge in [-0.3, -0.25) is 19.3 Å². The molecule has 2 heterocycles. The quantitative estimate of drug-likeness (QED) is 0.528. The number of nitrogens with zero attached hydrogens (tertiary/aromatic N) is 5. The van der Waals surface area contributed by atoms with Crippen molar-refractivity contribution in [2.75, 3.05) is 45.8 Å². The van der Waals surface area contributed by atoms with Crippen molar-refractivity contribution in [1.82, 2.24) is 30.2 Å². The molecule has 0 radical (unpaired) electrons. The highest BCUT2D eigenvalue weighted by Gasteiger charge is 2.38. The Hall–Kier alpha value is -2.49. The van der Waals surface area contributed by atoms with Gasteiger partial charge in [0.2, 0.25) is 23.6 Å². The fraction of sp³-hybridized carbons (Fsp3) is 0.800. The van der Waals surface area contributed by atoms with E-state index in [-0.39, 0.29) is 17.7 Å². The lowest BCUT2D eigenvalue weighted by Crippen LogP contribution is -2.45. The summed E-state index contributed by atoms with van der Waals surface area (Å²) in [5.74, 6) is 1.08. The molecular formula is C25H42N6O4. The minimum Gasteiger partial charge on any atom is -0.343 e. The highest BCUT2D eigenvalue weighted by atomic mass is 16.5. The first kappa shape index (κ1) is 27.1. The van der Waals surface area contributed by atoms with Crippen LogP contribution in [0.25, 0.3) is 0 Å². The fourth-order valence-electron chi connectivity index (χ4n) is 5.24. The van der Waals surface area contributed by atoms with E-state index in [1.54, 1.807) is 0 Å². The highest BCUT2D eigenvalue weighted by molar-refractivity contribution is 5.78. The number of likely N-dealkylation sites (N-methyl/N-ethyl adjacent to an activating group) is 1. The summed E-state index contributed by atoms with van der Waals surface area (Å²) in [5, 5.41) is 7.30. The van der Waals surface area contributed by atoms with Gasteiger partial charge in [-0.25, -0.2) is 0 Å². The number of aromatic nitrogens is 2. The minimum absolute atomic E-state index is 0.0627. The van der Waals surface area contributed by atoms with Gasteiger partial charge in [-0.15, -0.1) is 0 Å². The van der Waals surface area contributed by atoms with E-state index in [1.807, 2.05) is 23.6 Å². The summed E-state index contributed by atoms with van der Waals surface area (Å²) in [5.41, 5.74) is -0.578. The number of aryl methyl sites for hydroxylation is 1. The molecule has 1 aromatic rings. The molecule has 1 N–H and O–H groups in total. The second-order valence-corrected chi connectivity index (χ2v) is 9.77. The summed E-state index contributed by atoms with van der Waals surface area (Å²) >= 11 is 0. The summed E-state index contributed by atoms with van der Waals surface area (Å²) in [7, 11) is 0. The van der Waals surface area contributed by atoms with Crippen molar-refractivity contribution in [2.45, 2.75) is 84.1 Å². The molecule has 3 amide bonds. The lowest BCUT2D eigenvalue weighted by atomic mass is 9.89. The van der Waals surface area contributed by atoms with E-state index in [4.69, 9.17) is 4.52 Å². The Morgan fingerprint density at radius 1 is 1.00 bits per heavy atom. The van der Waals surface area contributed by atoms with Gasteiger partial charge in [-0.05, 0) is 33.1 Å². The van der Waals surface area contributed by atoms with E-state index in [1.165, 1.54) is 6.92 Å². The van der Waals surface area contributed by atoms with E-state index in [0.29, 0.717) is 50.7 Å². The van der Waals surface area contributed by atoms with Gasteiger partial charge in [-0.2, -0.15) is 4.98 Å². The molecule has 3 rings (SSSR count). The second-order valence-electron chi connectivity index (χ2n) is 9.77. The molecule has 0 unspecified atom stereocenters. The summed E-state index contributed by atoms with van der Waals surface area (Å²) in [4.78, 5) is 47.7. The third kappa shape index (κ3) is 7.49. The molecule has 10 heteroatoms. The van der Waals surface area contributed by atoms with Crippen LogP contribution in [-0.2, 0) is 26.3 Å². The first-order valence-electron chi connectivity index (χ1n) is 13.3. The van der Waals surface area contributed by atoms with Crippen LogP contribution in [0.4, 0.5) is 0 Å². The molecule has 0 atom stereocenters. The minimum atomic E-state index is -0.578. The molecule has 2 aliphatic rings. The predicted octanol–water partition coefficient (Wildman–Crippen LogP) is 2.09. The van der Waals surface area contributed by atoms with Gasteiger partial charge >= 0.3 is 0 Å². The molecule has 10 nitrogen and oxygen atoms in total. The van der Waals surface area contributed by atoms with Gasteiger partial charge in [-0.1, -0.05) is 30.8 Å². The first-order valence-corrected chi connectivity index (χ1v) is 13.3. The molecule has 1 aromatic heterocycles. The van der Waals surface area contributed by atoms with Crippen LogP contribution in [0.15, 0.2) is 4.52 Å². The Morgan fingerprint density at radius 3 is 2.37 bits per heavy atom. The van der Waals surface area contributed by atoms with Crippen LogP contribution in [0.2, 0.25) is 0 Å². The number of hydrogen-bond donors (Lipinski definition) is 1. The average molecular weight is 491 g/mol. The fourth-order valence-corrected chi connectivity index (χ4v) is 5.24. The predicted molar refractivity (Wildman–Crippen MR) is 131 cm³/mol. The third-order valence-corrected chi connectivity index (χ3v) is 7.24. The molecule has 0 bridgehead atoms. The summed E-state index contributed by atoms with van der Waals surface area (Å²) < 4.78 is 5.50. The standard InChI is InChI=1S/C25H42N6O4/c1-4-30(5-2)23(34)19-29-15-10-16-31(18-17-29)22(33)12-11-21-26-24(28-35-21)25(27-20(3)32)13-8-6-7-9-14-25/h4-19H2,1-3H3,(H,27,32). The molecule has 35 heavy (non-hydrogen) atoms. The maximum Gasteiger partial charge on any atom is 0.236 e. The van der Waals surface area contributed by atoms with Crippen molar-refractivity contribution < 1.29 is 18.9 Å². The van der Waals surface area contributed by atoms with Crippen LogP contribution in [0, 0.1) is 0 Å². The van der Waals surface area contributed by atoms with Crippen molar-refractivity contribution in [3.8, 4) is 0 Å². The summed E-state index contributed by atoms with van der Waals surface area (Å²) in [6.45, 7) is 10.2. The normalized spacial score (nSPS) is 19.0. The van der Waals surface area contributed by atoms with Crippen molar-refractivity contribution in [1.29, 1.82) is 0 Å². The highest BCUT2D eigenvalue weighted by Crippen LogP contribution is 2.34. The van der Waals surface area contributed by atoms with Gasteiger partial charge in [0.05, 0.1) is 6.54 Å². The number of hydrogen-bond acceptors (Lipinski definition) is 7. The number of rotatable bonds is 9. The van der Waals surface area contributed by atoms with Gasteiger partial charge in [0, 0.05) is 59.0 Å². The number of carbonyl (C=O) groups is 3. The van der Waals surface area contributed by atoms with Crippen LogP contribution in [-0.4, -0.2) is 88.4 Å². The van der Waals surface area contributed by atoms with Crippen LogP contribution >= 0.6 is 0 Å². The molecule has 1 aliphatic heterocycles. The first-order chi connectivity index (χ1) is 16.9. The zero-order valence-corrected chi connectivity index (χ0v) is 21.7. The molecule has 196 valence electrons. The molecule has 1 aliphatic carbocycles. The zero-order valence-electron chi connectivity index (χ0n) is 21.7. The van der Waals surface area contributed by atoms with Gasteiger partial charge in [0.1, 0.15) is 5.54 Å². The molecule has 0 aromatic carbocycles. The van der Waals surface area contributed by atoms with Crippen LogP contribution < -0.4 is 5.32 Å². The van der Waals surface area contributed by atoms with E-state index in [2.05, 4.69) is 20.4 Å². The number of carbonyl (C=O) groups excluding carboxylic acids is 3. The van der Waals surface area contributed by atoms with Crippen LogP contribution in [0.3, 0.4) is 0 Å². The lowest BCUT2D eigenvalue weighted by Gasteiger charge is -2.30. The Bertz CT molecular complexity index is 845. The monoisotopic (exact) mass is 490 g/mol. The van der Waals surface area contributed by atoms with Gasteiger partial charge in [0.25, 0.3) is 0 Å². The largest absolute Gasteiger partial charge is 0.343 e. The zero-order chi connectivity index (χ0) is 25.3. The van der Waals surface area contributed by atoms with Crippen LogP contribution in [0.5, 0.6) is 0 Å². The summed E-state index contributed by atoms with van der Waals surface area (Å²) in [6.07, 6.45) is 7.41. The third-order valence-electron chi connectivity index (χ3n) is 7.24. The Kier molecular flexibility index (Phi) is 10.1. The SMILES string of the molecule is CCN(CC)C(=O)CN1CCCN(C(=O)CCc2nc(C3(NC(C)=O)CCCCCC3)no2)CC1. The molecule has 1 saturated carbocycles. The van der Waals surface area contributed by atoms with E-state index < -0.39 is 5.54 Å². The number of nitrogens with one attached hydrogen (secondary N) is 1. The maximum atomic E-state index is 12.9. The smallest absolute Gasteiger partial charge is 0.236 e. The summed E-state index contributed by atoms with van der Waals surface area (Å²) in [6, 6.07) is 0. The maximum absolute atomic E-state index is 12.9. The van der Waals surface area contributed by atoms with E-state index >= 15 is 0 Å². The van der Waals surface area contributed by atoms with Gasteiger partial charge in [0.15, 0.2) is 5.82 Å². The number of amides is 3. The van der Waals surface area contributed by atoms with Crippen molar-refractivity contribution in [2.24, 2.45) is 0 Å². The van der Waals surface area contributed by atoms with Crippen molar-refractivity contribution in [3.63, 3.8) is 0 Å². The molecule has 1 saturated heterocycles. The Labute approximate surface area is 208 Å². The second kappa shape index (κ2) is 13.0. The topological polar surface area (TPSA) is 112 Å². The lowest BCUT2D eigenvalue weighted by molar-refractivity contribution is -0.132. The molecular weight excluding hydrogens is 448 g/mol. The molecule has 0 spiro atoms. The van der Waals surface area contributed by atoms with E-state index in [0.717, 1.165) is 64.6 Å². The molecule has 2 fully saturated rings. The van der Waals surface area contributed by atoms with E-state index in [9.17, 15) is 14.4 Å². The van der Waals surface area contributed by atoms with Crippen molar-refractivity contribution in [3.05, 3.63) is 11.7 Å². The van der Waals surface area contributed by atoms with Crippen molar-refractivity contribution >= 4 is 17.7 Å². The van der Waals surface area contributed by atoms with Crippen LogP contribution in [0.1, 0.15) is 83.9 Å². The Balaban J connectivity index is 1.52. The Morgan fingerprint density at radius 2 is 1.71 bits per heavy atom. The average Bonchev–Trinajstić information content (AvgIpc) is 3.02. The van der Waals surface area contributed by atoms with Gasteiger partial charge < -0.3 is 19.6 Å².